The summed E-state index contributed by atoms with van der Waals surface area (Å²) in [4.78, 5) is 17.0. The zero-order chi connectivity index (χ0) is 30.9. The molecule has 42 heavy (non-hydrogen) atoms. The van der Waals surface area contributed by atoms with Crippen LogP contribution in [0.4, 0.5) is 8.78 Å². The summed E-state index contributed by atoms with van der Waals surface area (Å²) in [6.07, 6.45) is 1.93. The van der Waals surface area contributed by atoms with Gasteiger partial charge in [-0.2, -0.15) is 0 Å². The largest absolute Gasteiger partial charge is 0.480 e. The highest BCUT2D eigenvalue weighted by atomic mass is 32.2. The fourth-order valence-electron chi connectivity index (χ4n) is 7.01. The molecule has 0 spiro atoms. The third-order valence-electron chi connectivity index (χ3n) is 8.96. The van der Waals surface area contributed by atoms with Gasteiger partial charge in [-0.1, -0.05) is 62.7 Å². The third kappa shape index (κ3) is 8.38. The smallest absolute Gasteiger partial charge is 0.321 e. The number of hydrogen-bond donors (Lipinski definition) is 1. The van der Waals surface area contributed by atoms with E-state index in [0.717, 1.165) is 25.9 Å². The average Bonchev–Trinajstić information content (AvgIpc) is 3.26. The Morgan fingerprint density at radius 2 is 1.69 bits per heavy atom. The predicted molar refractivity (Wildman–Crippen MR) is 162 cm³/mol. The second-order valence-corrected chi connectivity index (χ2v) is 15.8. The van der Waals surface area contributed by atoms with Crippen LogP contribution in [0.5, 0.6) is 0 Å². The number of piperidine rings is 1. The summed E-state index contributed by atoms with van der Waals surface area (Å²) in [5, 5.41) is 10.1. The normalized spacial score (nSPS) is 22.4. The van der Waals surface area contributed by atoms with Crippen LogP contribution in [0.1, 0.15) is 62.6 Å². The topological polar surface area (TPSA) is 77.9 Å². The minimum absolute atomic E-state index is 0.0727. The lowest BCUT2D eigenvalue weighted by Gasteiger charge is -2.36. The summed E-state index contributed by atoms with van der Waals surface area (Å²) in [5.74, 6) is -3.26. The first-order valence-corrected chi connectivity index (χ1v) is 16.8. The number of carboxylic acid groups (broad SMARTS) is 1. The van der Waals surface area contributed by atoms with Crippen LogP contribution >= 0.6 is 0 Å². The minimum atomic E-state index is -3.36. The molecule has 2 saturated heterocycles. The number of benzene rings is 2. The van der Waals surface area contributed by atoms with E-state index in [1.807, 2.05) is 20.8 Å². The number of likely N-dealkylation sites (tertiary alicyclic amines) is 2. The standard InChI is InChI=1S/C33H46F2N2O4S/c1-23-7-6-8-26(17-23)29-22-37(30(31(38)39)32(2,3)4)21-27(29)20-36-15-13-25(14-16-36)19-33(34,35)18-24-9-11-28(12-10-24)42(5,40)41/h6-12,17,25,27,29-30H,13-16,18-22H2,1-5H3,(H,38,39)/t27-,29+,30-/m0/s1. The molecule has 1 N–H and O–H groups in total. The van der Waals surface area contributed by atoms with E-state index in [4.69, 9.17) is 0 Å². The molecule has 3 atom stereocenters. The van der Waals surface area contributed by atoms with Gasteiger partial charge in [-0.15, -0.1) is 0 Å². The van der Waals surface area contributed by atoms with Gasteiger partial charge in [-0.25, -0.2) is 17.2 Å². The van der Waals surface area contributed by atoms with Crippen LogP contribution < -0.4 is 0 Å². The van der Waals surface area contributed by atoms with Crippen molar-refractivity contribution >= 4 is 15.8 Å². The summed E-state index contributed by atoms with van der Waals surface area (Å²) in [5.41, 5.74) is 2.45. The summed E-state index contributed by atoms with van der Waals surface area (Å²) in [6.45, 7) is 11.7. The van der Waals surface area contributed by atoms with Gasteiger partial charge in [-0.3, -0.25) is 9.69 Å². The molecule has 0 saturated carbocycles. The van der Waals surface area contributed by atoms with Crippen LogP contribution in [0, 0.1) is 24.2 Å². The highest BCUT2D eigenvalue weighted by Gasteiger charge is 2.44. The molecule has 2 aromatic carbocycles. The van der Waals surface area contributed by atoms with E-state index in [2.05, 4.69) is 41.0 Å². The number of alkyl halides is 2. The summed E-state index contributed by atoms with van der Waals surface area (Å²) < 4.78 is 53.4. The fourth-order valence-corrected chi connectivity index (χ4v) is 7.64. The molecule has 9 heteroatoms. The highest BCUT2D eigenvalue weighted by molar-refractivity contribution is 7.90. The third-order valence-corrected chi connectivity index (χ3v) is 10.1. The zero-order valence-electron chi connectivity index (χ0n) is 25.5. The Hall–Kier alpha value is -2.36. The first kappa shape index (κ1) is 32.6. The maximum atomic E-state index is 15.0. The molecule has 0 unspecified atom stereocenters. The van der Waals surface area contributed by atoms with Crippen molar-refractivity contribution in [1.29, 1.82) is 0 Å². The lowest BCUT2D eigenvalue weighted by Crippen LogP contribution is -2.48. The van der Waals surface area contributed by atoms with Crippen LogP contribution in [0.15, 0.2) is 53.4 Å². The predicted octanol–water partition coefficient (Wildman–Crippen LogP) is 5.89. The Balaban J connectivity index is 1.37. The van der Waals surface area contributed by atoms with Gasteiger partial charge in [0.15, 0.2) is 9.84 Å². The molecular weight excluding hydrogens is 558 g/mol. The number of aliphatic carboxylic acids is 1. The van der Waals surface area contributed by atoms with E-state index in [0.29, 0.717) is 31.5 Å². The first-order chi connectivity index (χ1) is 19.5. The van der Waals surface area contributed by atoms with Gasteiger partial charge in [0.1, 0.15) is 6.04 Å². The maximum absolute atomic E-state index is 15.0. The Bertz CT molecular complexity index is 1330. The number of hydrogen-bond acceptors (Lipinski definition) is 5. The monoisotopic (exact) mass is 604 g/mol. The highest BCUT2D eigenvalue weighted by Crippen LogP contribution is 2.39. The lowest BCUT2D eigenvalue weighted by atomic mass is 9.85. The van der Waals surface area contributed by atoms with E-state index in [1.165, 1.54) is 35.4 Å². The van der Waals surface area contributed by atoms with Crippen LogP contribution in [-0.4, -0.2) is 80.2 Å². The van der Waals surface area contributed by atoms with Gasteiger partial charge in [0.25, 0.3) is 5.92 Å². The van der Waals surface area contributed by atoms with E-state index in [-0.39, 0.29) is 29.1 Å². The molecule has 2 aromatic rings. The molecule has 0 amide bonds. The fraction of sp³-hybridized carbons (Fsp3) is 0.606. The van der Waals surface area contributed by atoms with Crippen molar-refractivity contribution in [2.24, 2.45) is 17.3 Å². The van der Waals surface area contributed by atoms with E-state index < -0.39 is 39.6 Å². The van der Waals surface area contributed by atoms with Gasteiger partial charge in [0.05, 0.1) is 4.90 Å². The van der Waals surface area contributed by atoms with Gasteiger partial charge in [0, 0.05) is 44.6 Å². The number of halogens is 2. The van der Waals surface area contributed by atoms with Crippen molar-refractivity contribution in [2.45, 2.75) is 76.2 Å². The molecule has 6 nitrogen and oxygen atoms in total. The van der Waals surface area contributed by atoms with Crippen molar-refractivity contribution in [2.75, 3.05) is 39.0 Å². The lowest BCUT2D eigenvalue weighted by molar-refractivity contribution is -0.147. The Morgan fingerprint density at radius 3 is 2.24 bits per heavy atom. The van der Waals surface area contributed by atoms with Gasteiger partial charge in [-0.05, 0) is 73.4 Å². The molecule has 2 aliphatic rings. The number of rotatable bonds is 10. The second kappa shape index (κ2) is 12.7. The zero-order valence-corrected chi connectivity index (χ0v) is 26.3. The van der Waals surface area contributed by atoms with E-state index >= 15 is 8.78 Å². The van der Waals surface area contributed by atoms with Crippen molar-refractivity contribution in [1.82, 2.24) is 9.80 Å². The van der Waals surface area contributed by atoms with Crippen LogP contribution in [0.3, 0.4) is 0 Å². The Kier molecular flexibility index (Phi) is 9.85. The summed E-state index contributed by atoms with van der Waals surface area (Å²) in [6, 6.07) is 13.7. The number of sulfone groups is 1. The number of aryl methyl sites for hydroxylation is 1. The van der Waals surface area contributed by atoms with Crippen molar-refractivity contribution in [3.8, 4) is 0 Å². The van der Waals surface area contributed by atoms with Crippen LogP contribution in [0.25, 0.3) is 0 Å². The minimum Gasteiger partial charge on any atom is -0.480 e. The van der Waals surface area contributed by atoms with Crippen molar-refractivity contribution in [3.63, 3.8) is 0 Å². The molecule has 0 aliphatic carbocycles. The number of carboxylic acids is 1. The molecular formula is C33H46F2N2O4S. The molecule has 232 valence electrons. The van der Waals surface area contributed by atoms with Crippen LogP contribution in [-0.2, 0) is 21.1 Å². The number of carbonyl (C=O) groups is 1. The van der Waals surface area contributed by atoms with Gasteiger partial charge >= 0.3 is 5.97 Å². The van der Waals surface area contributed by atoms with E-state index in [1.54, 1.807) is 0 Å². The SMILES string of the molecule is Cc1cccc([C@H]2CN([C@@H](C(=O)O)C(C)(C)C)C[C@@H]2CN2CCC(CC(F)(F)Cc3ccc(S(C)(=O)=O)cc3)CC2)c1. The summed E-state index contributed by atoms with van der Waals surface area (Å²) >= 11 is 0. The van der Waals surface area contributed by atoms with Gasteiger partial charge in [0.2, 0.25) is 0 Å². The van der Waals surface area contributed by atoms with Gasteiger partial charge < -0.3 is 10.0 Å². The second-order valence-electron chi connectivity index (χ2n) is 13.7. The molecule has 4 rings (SSSR count). The average molecular weight is 605 g/mol. The van der Waals surface area contributed by atoms with E-state index in [9.17, 15) is 18.3 Å². The Labute approximate surface area is 250 Å². The van der Waals surface area contributed by atoms with Crippen molar-refractivity contribution in [3.05, 3.63) is 65.2 Å². The molecule has 0 radical (unpaired) electrons. The quantitative estimate of drug-likeness (QED) is 0.364. The maximum Gasteiger partial charge on any atom is 0.321 e. The summed E-state index contributed by atoms with van der Waals surface area (Å²) in [7, 11) is -3.36. The molecule has 0 bridgehead atoms. The van der Waals surface area contributed by atoms with Crippen LogP contribution in [0.2, 0.25) is 0 Å². The molecule has 2 fully saturated rings. The Morgan fingerprint density at radius 1 is 1.05 bits per heavy atom. The van der Waals surface area contributed by atoms with Crippen molar-refractivity contribution < 1.29 is 27.1 Å². The molecule has 2 heterocycles. The molecule has 2 aliphatic heterocycles. The first-order valence-electron chi connectivity index (χ1n) is 14.9. The molecule has 0 aromatic heterocycles. The number of nitrogens with zero attached hydrogens (tertiary/aromatic N) is 2.